The van der Waals surface area contributed by atoms with Gasteiger partial charge in [0.2, 0.25) is 22.7 Å². The summed E-state index contributed by atoms with van der Waals surface area (Å²) in [5.74, 6) is 1.15. The summed E-state index contributed by atoms with van der Waals surface area (Å²) in [5.41, 5.74) is 3.09. The molecule has 2 aliphatic rings. The molecule has 0 fully saturated rings. The summed E-state index contributed by atoms with van der Waals surface area (Å²) in [6, 6.07) is 10.8. The molecule has 29 heavy (non-hydrogen) atoms. The van der Waals surface area contributed by atoms with Crippen molar-refractivity contribution in [3.63, 3.8) is 0 Å². The first kappa shape index (κ1) is 19.3. The van der Waals surface area contributed by atoms with Crippen LogP contribution in [-0.2, 0) is 21.2 Å². The van der Waals surface area contributed by atoms with Crippen molar-refractivity contribution in [2.75, 3.05) is 28.7 Å². The lowest BCUT2D eigenvalue weighted by molar-refractivity contribution is -0.111. The van der Waals surface area contributed by atoms with Crippen molar-refractivity contribution in [1.29, 1.82) is 0 Å². The molecule has 0 aliphatic carbocycles. The number of nitrogens with zero attached hydrogens (tertiary/aromatic N) is 1. The highest BCUT2D eigenvalue weighted by Gasteiger charge is 2.26. The first-order valence-corrected chi connectivity index (χ1v) is 11.1. The van der Waals surface area contributed by atoms with E-state index in [0.29, 0.717) is 29.4 Å². The van der Waals surface area contributed by atoms with E-state index in [1.807, 2.05) is 18.2 Å². The van der Waals surface area contributed by atoms with E-state index >= 15 is 0 Å². The summed E-state index contributed by atoms with van der Waals surface area (Å²) >= 11 is 0. The average molecular weight is 414 g/mol. The van der Waals surface area contributed by atoms with E-state index in [9.17, 15) is 13.2 Å². The molecule has 0 saturated carbocycles. The minimum absolute atomic E-state index is 0.0651. The van der Waals surface area contributed by atoms with Crippen molar-refractivity contribution in [3.8, 4) is 11.5 Å². The van der Waals surface area contributed by atoms with E-state index in [2.05, 4.69) is 5.32 Å². The summed E-state index contributed by atoms with van der Waals surface area (Å²) in [5, 5.41) is 2.83. The maximum Gasteiger partial charge on any atom is 0.248 e. The fourth-order valence-corrected chi connectivity index (χ4v) is 4.65. The van der Waals surface area contributed by atoms with Gasteiger partial charge in [-0.25, -0.2) is 8.42 Å². The first-order chi connectivity index (χ1) is 14.0. The van der Waals surface area contributed by atoms with Gasteiger partial charge in [0.1, 0.15) is 0 Å². The Morgan fingerprint density at radius 3 is 2.83 bits per heavy atom. The lowest BCUT2D eigenvalue weighted by Crippen LogP contribution is -2.36. The fraction of sp³-hybridized carbons (Fsp3) is 0.286. The molecule has 0 bridgehead atoms. The second kappa shape index (κ2) is 7.79. The van der Waals surface area contributed by atoms with Crippen LogP contribution in [0.3, 0.4) is 0 Å². The highest BCUT2D eigenvalue weighted by atomic mass is 32.2. The van der Waals surface area contributed by atoms with Gasteiger partial charge in [-0.15, -0.1) is 0 Å². The van der Waals surface area contributed by atoms with Crippen molar-refractivity contribution in [3.05, 3.63) is 53.6 Å². The maximum absolute atomic E-state index is 12.3. The molecule has 2 aromatic carbocycles. The predicted molar refractivity (Wildman–Crippen MR) is 112 cm³/mol. The quantitative estimate of drug-likeness (QED) is 0.760. The van der Waals surface area contributed by atoms with Gasteiger partial charge in [-0.2, -0.15) is 0 Å². The SMILES string of the molecule is CCS(=O)(=O)N1CCCc2cc(NC(=O)/C=C/c3ccc4c(c3)OCO4)ccc21. The van der Waals surface area contributed by atoms with Crippen LogP contribution in [0.5, 0.6) is 11.5 Å². The number of rotatable bonds is 5. The Kier molecular flexibility index (Phi) is 5.19. The van der Waals surface area contributed by atoms with Crippen molar-refractivity contribution < 1.29 is 22.7 Å². The number of fused-ring (bicyclic) bond motifs is 2. The normalized spacial score (nSPS) is 15.4. The van der Waals surface area contributed by atoms with Crippen LogP contribution in [0.15, 0.2) is 42.5 Å². The molecule has 7 nitrogen and oxygen atoms in total. The smallest absolute Gasteiger partial charge is 0.248 e. The maximum atomic E-state index is 12.3. The van der Waals surface area contributed by atoms with E-state index in [-0.39, 0.29) is 18.5 Å². The third-order valence-electron chi connectivity index (χ3n) is 4.95. The summed E-state index contributed by atoms with van der Waals surface area (Å²) < 4.78 is 36.7. The second-order valence-corrected chi connectivity index (χ2v) is 9.04. The number of sulfonamides is 1. The van der Waals surface area contributed by atoms with E-state index in [1.54, 1.807) is 31.2 Å². The molecule has 2 heterocycles. The lowest BCUT2D eigenvalue weighted by atomic mass is 10.0. The molecule has 1 amide bonds. The van der Waals surface area contributed by atoms with Crippen LogP contribution in [0.2, 0.25) is 0 Å². The van der Waals surface area contributed by atoms with Crippen LogP contribution in [-0.4, -0.2) is 33.4 Å². The summed E-state index contributed by atoms with van der Waals surface area (Å²) in [6.07, 6.45) is 4.69. The number of ether oxygens (including phenoxy) is 2. The third kappa shape index (κ3) is 4.07. The molecule has 0 radical (unpaired) electrons. The number of benzene rings is 2. The molecule has 0 aromatic heterocycles. The van der Waals surface area contributed by atoms with Crippen LogP contribution >= 0.6 is 0 Å². The minimum atomic E-state index is -3.30. The number of nitrogens with one attached hydrogen (secondary N) is 1. The van der Waals surface area contributed by atoms with Crippen LogP contribution in [0.1, 0.15) is 24.5 Å². The molecular formula is C21H22N2O5S. The van der Waals surface area contributed by atoms with Crippen molar-refractivity contribution >= 4 is 33.4 Å². The molecule has 0 unspecified atom stereocenters. The van der Waals surface area contributed by atoms with Crippen LogP contribution in [0, 0.1) is 0 Å². The fourth-order valence-electron chi connectivity index (χ4n) is 3.46. The highest BCUT2D eigenvalue weighted by Crippen LogP contribution is 2.33. The number of aryl methyl sites for hydroxylation is 1. The predicted octanol–water partition coefficient (Wildman–Crippen LogP) is 3.17. The van der Waals surface area contributed by atoms with Gasteiger partial charge in [-0.3, -0.25) is 9.10 Å². The van der Waals surface area contributed by atoms with Gasteiger partial charge in [0.05, 0.1) is 11.4 Å². The van der Waals surface area contributed by atoms with Gasteiger partial charge in [-0.1, -0.05) is 6.07 Å². The molecule has 0 atom stereocenters. The zero-order chi connectivity index (χ0) is 20.4. The zero-order valence-corrected chi connectivity index (χ0v) is 16.9. The molecular weight excluding hydrogens is 392 g/mol. The number of hydrogen-bond donors (Lipinski definition) is 1. The third-order valence-corrected chi connectivity index (χ3v) is 6.73. The molecule has 8 heteroatoms. The van der Waals surface area contributed by atoms with Crippen molar-refractivity contribution in [2.24, 2.45) is 0 Å². The Balaban J connectivity index is 1.46. The minimum Gasteiger partial charge on any atom is -0.454 e. The Bertz CT molecular complexity index is 1080. The molecule has 2 aromatic rings. The Labute approximate surface area is 170 Å². The standard InChI is InChI=1S/C21H22N2O5S/c1-2-29(25,26)23-11-3-4-16-13-17(7-8-18(16)23)22-21(24)10-6-15-5-9-19-20(12-15)28-14-27-19/h5-10,12-13H,2-4,11,14H2,1H3,(H,22,24)/b10-6+. The Hall–Kier alpha value is -3.00. The van der Waals surface area contributed by atoms with E-state index < -0.39 is 10.0 Å². The lowest BCUT2D eigenvalue weighted by Gasteiger charge is -2.30. The summed E-state index contributed by atoms with van der Waals surface area (Å²) in [4.78, 5) is 12.3. The first-order valence-electron chi connectivity index (χ1n) is 9.48. The van der Waals surface area contributed by atoms with Gasteiger partial charge in [0.15, 0.2) is 11.5 Å². The average Bonchev–Trinajstić information content (AvgIpc) is 3.19. The molecule has 1 N–H and O–H groups in total. The van der Waals surface area contributed by atoms with Gasteiger partial charge in [0, 0.05) is 18.3 Å². The van der Waals surface area contributed by atoms with E-state index in [0.717, 1.165) is 24.0 Å². The number of carbonyl (C=O) groups is 1. The van der Waals surface area contributed by atoms with E-state index in [4.69, 9.17) is 9.47 Å². The molecule has 0 spiro atoms. The number of carbonyl (C=O) groups excluding carboxylic acids is 1. The number of anilines is 2. The topological polar surface area (TPSA) is 84.9 Å². The van der Waals surface area contributed by atoms with E-state index in [1.165, 1.54) is 10.4 Å². The van der Waals surface area contributed by atoms with Crippen LogP contribution < -0.4 is 19.1 Å². The molecule has 0 saturated heterocycles. The molecule has 4 rings (SSSR count). The number of hydrogen-bond acceptors (Lipinski definition) is 5. The van der Waals surface area contributed by atoms with Gasteiger partial charge in [-0.05, 0) is 67.3 Å². The number of amides is 1. The van der Waals surface area contributed by atoms with Crippen LogP contribution in [0.4, 0.5) is 11.4 Å². The largest absolute Gasteiger partial charge is 0.454 e. The Morgan fingerprint density at radius 1 is 1.17 bits per heavy atom. The van der Waals surface area contributed by atoms with Gasteiger partial charge >= 0.3 is 0 Å². The second-order valence-electron chi connectivity index (χ2n) is 6.86. The van der Waals surface area contributed by atoms with Gasteiger partial charge in [0.25, 0.3) is 0 Å². The monoisotopic (exact) mass is 414 g/mol. The Morgan fingerprint density at radius 2 is 2.00 bits per heavy atom. The molecule has 152 valence electrons. The van der Waals surface area contributed by atoms with Crippen molar-refractivity contribution in [2.45, 2.75) is 19.8 Å². The van der Waals surface area contributed by atoms with Crippen LogP contribution in [0.25, 0.3) is 6.08 Å². The highest BCUT2D eigenvalue weighted by molar-refractivity contribution is 7.92. The van der Waals surface area contributed by atoms with Crippen molar-refractivity contribution in [1.82, 2.24) is 0 Å². The summed E-state index contributed by atoms with van der Waals surface area (Å²) in [6.45, 7) is 2.34. The molecule has 2 aliphatic heterocycles. The summed E-state index contributed by atoms with van der Waals surface area (Å²) in [7, 11) is -3.30. The van der Waals surface area contributed by atoms with Gasteiger partial charge < -0.3 is 14.8 Å². The zero-order valence-electron chi connectivity index (χ0n) is 16.1.